The highest BCUT2D eigenvalue weighted by Crippen LogP contribution is 2.20. The molecule has 2 heterocycles. The Hall–Kier alpha value is -3.41. The van der Waals surface area contributed by atoms with Crippen LogP contribution in [0.3, 0.4) is 0 Å². The SMILES string of the molecule is Cc1cc(Nc2ccccc2F)nc(NCCc2c[nH]c3ccccc23)n1. The average Bonchev–Trinajstić information content (AvgIpc) is 3.07. The van der Waals surface area contributed by atoms with Gasteiger partial charge in [-0.25, -0.2) is 9.37 Å². The largest absolute Gasteiger partial charge is 0.361 e. The van der Waals surface area contributed by atoms with Crippen LogP contribution in [-0.4, -0.2) is 21.5 Å². The Balaban J connectivity index is 1.44. The molecule has 6 heteroatoms. The number of H-pyrrole nitrogens is 1. The van der Waals surface area contributed by atoms with E-state index in [0.29, 0.717) is 24.0 Å². The van der Waals surface area contributed by atoms with Crippen LogP contribution in [0.1, 0.15) is 11.3 Å². The summed E-state index contributed by atoms with van der Waals surface area (Å²) in [6.45, 7) is 2.59. The van der Waals surface area contributed by atoms with E-state index in [0.717, 1.165) is 17.6 Å². The van der Waals surface area contributed by atoms with Crippen LogP contribution in [-0.2, 0) is 6.42 Å². The van der Waals surface area contributed by atoms with Crippen LogP contribution in [0.2, 0.25) is 0 Å². The van der Waals surface area contributed by atoms with E-state index in [-0.39, 0.29) is 5.82 Å². The lowest BCUT2D eigenvalue weighted by molar-refractivity contribution is 0.632. The number of anilines is 3. The van der Waals surface area contributed by atoms with Crippen LogP contribution in [0.25, 0.3) is 10.9 Å². The van der Waals surface area contributed by atoms with Crippen LogP contribution in [0.5, 0.6) is 0 Å². The number of benzene rings is 2. The van der Waals surface area contributed by atoms with E-state index in [2.05, 4.69) is 37.7 Å². The molecule has 4 rings (SSSR count). The third-order valence-corrected chi connectivity index (χ3v) is 4.34. The first-order chi connectivity index (χ1) is 13.2. The summed E-state index contributed by atoms with van der Waals surface area (Å²) >= 11 is 0. The van der Waals surface area contributed by atoms with Crippen LogP contribution >= 0.6 is 0 Å². The molecular weight excluding hydrogens is 341 g/mol. The number of nitrogens with zero attached hydrogens (tertiary/aromatic N) is 2. The van der Waals surface area contributed by atoms with Gasteiger partial charge in [0.1, 0.15) is 11.6 Å². The second kappa shape index (κ2) is 7.45. The van der Waals surface area contributed by atoms with E-state index >= 15 is 0 Å². The molecule has 0 atom stereocenters. The number of hydrogen-bond donors (Lipinski definition) is 3. The number of rotatable bonds is 6. The Kier molecular flexibility index (Phi) is 4.70. The number of halogens is 1. The molecular formula is C21H20FN5. The molecule has 3 N–H and O–H groups in total. The first kappa shape index (κ1) is 17.0. The van der Waals surface area contributed by atoms with Crippen molar-refractivity contribution in [3.05, 3.63) is 77.9 Å². The third-order valence-electron chi connectivity index (χ3n) is 4.34. The highest BCUT2D eigenvalue weighted by Gasteiger charge is 2.07. The summed E-state index contributed by atoms with van der Waals surface area (Å²) in [6.07, 6.45) is 2.88. The Labute approximate surface area is 156 Å². The summed E-state index contributed by atoms with van der Waals surface area (Å²) in [5.74, 6) is 0.762. The first-order valence-corrected chi connectivity index (χ1v) is 8.85. The molecule has 136 valence electrons. The molecule has 5 nitrogen and oxygen atoms in total. The quantitative estimate of drug-likeness (QED) is 0.461. The third kappa shape index (κ3) is 3.89. The standard InChI is InChI=1S/C21H20FN5/c1-14-12-20(26-19-9-5-3-7-17(19)22)27-21(25-14)23-11-10-15-13-24-18-8-4-2-6-16(15)18/h2-9,12-13,24H,10-11H2,1H3,(H2,23,25,26,27). The highest BCUT2D eigenvalue weighted by molar-refractivity contribution is 5.83. The van der Waals surface area contributed by atoms with Crippen molar-refractivity contribution in [1.82, 2.24) is 15.0 Å². The van der Waals surface area contributed by atoms with E-state index in [9.17, 15) is 4.39 Å². The average molecular weight is 361 g/mol. The normalized spacial score (nSPS) is 10.9. The van der Waals surface area contributed by atoms with Crippen LogP contribution in [0, 0.1) is 12.7 Å². The zero-order valence-corrected chi connectivity index (χ0v) is 15.0. The summed E-state index contributed by atoms with van der Waals surface area (Å²) < 4.78 is 13.8. The van der Waals surface area contributed by atoms with Crippen molar-refractivity contribution in [3.8, 4) is 0 Å². The molecule has 0 fully saturated rings. The van der Waals surface area contributed by atoms with Gasteiger partial charge in [-0.05, 0) is 37.1 Å². The van der Waals surface area contributed by atoms with Gasteiger partial charge in [-0.3, -0.25) is 0 Å². The molecule has 0 spiro atoms. The van der Waals surface area contributed by atoms with E-state index < -0.39 is 0 Å². The summed E-state index contributed by atoms with van der Waals surface area (Å²) in [4.78, 5) is 12.1. The maximum absolute atomic E-state index is 13.8. The van der Waals surface area contributed by atoms with E-state index in [1.807, 2.05) is 25.3 Å². The second-order valence-corrected chi connectivity index (χ2v) is 6.36. The van der Waals surface area contributed by atoms with Gasteiger partial charge in [-0.15, -0.1) is 0 Å². The molecule has 2 aromatic carbocycles. The van der Waals surface area contributed by atoms with E-state index in [1.54, 1.807) is 24.3 Å². The molecule has 4 aromatic rings. The molecule has 0 bridgehead atoms. The second-order valence-electron chi connectivity index (χ2n) is 6.36. The molecule has 0 aliphatic heterocycles. The molecule has 0 amide bonds. The number of nitrogens with one attached hydrogen (secondary N) is 3. The topological polar surface area (TPSA) is 65.6 Å². The molecule has 0 saturated carbocycles. The van der Waals surface area contributed by atoms with Gasteiger partial charge in [0.2, 0.25) is 5.95 Å². The Morgan fingerprint density at radius 3 is 2.74 bits per heavy atom. The minimum atomic E-state index is -0.317. The monoisotopic (exact) mass is 361 g/mol. The predicted octanol–water partition coefficient (Wildman–Crippen LogP) is 4.80. The maximum atomic E-state index is 13.8. The number of aryl methyl sites for hydroxylation is 1. The van der Waals surface area contributed by atoms with Gasteiger partial charge < -0.3 is 15.6 Å². The Morgan fingerprint density at radius 1 is 1.04 bits per heavy atom. The van der Waals surface area contributed by atoms with Gasteiger partial charge in [0.15, 0.2) is 0 Å². The summed E-state index contributed by atoms with van der Waals surface area (Å²) in [7, 11) is 0. The van der Waals surface area contributed by atoms with E-state index in [1.165, 1.54) is 17.0 Å². The zero-order chi connectivity index (χ0) is 18.6. The van der Waals surface area contributed by atoms with Gasteiger partial charge in [0.25, 0.3) is 0 Å². The maximum Gasteiger partial charge on any atom is 0.224 e. The molecule has 0 unspecified atom stereocenters. The summed E-state index contributed by atoms with van der Waals surface area (Å²) in [5.41, 5.74) is 3.57. The zero-order valence-electron chi connectivity index (χ0n) is 15.0. The highest BCUT2D eigenvalue weighted by atomic mass is 19.1. The number of aromatic amines is 1. The lowest BCUT2D eigenvalue weighted by atomic mass is 10.1. The van der Waals surface area contributed by atoms with Crippen molar-refractivity contribution in [2.45, 2.75) is 13.3 Å². The fraction of sp³-hybridized carbons (Fsp3) is 0.143. The number of para-hydroxylation sites is 2. The lowest BCUT2D eigenvalue weighted by Gasteiger charge is -2.10. The van der Waals surface area contributed by atoms with Gasteiger partial charge in [0, 0.05) is 35.4 Å². The van der Waals surface area contributed by atoms with Crippen LogP contribution in [0.15, 0.2) is 60.8 Å². The van der Waals surface area contributed by atoms with Gasteiger partial charge >= 0.3 is 0 Å². The van der Waals surface area contributed by atoms with Gasteiger partial charge in [0.05, 0.1) is 5.69 Å². The van der Waals surface area contributed by atoms with E-state index in [4.69, 9.17) is 0 Å². The minimum Gasteiger partial charge on any atom is -0.361 e. The van der Waals surface area contributed by atoms with Crippen LogP contribution in [0.4, 0.5) is 21.8 Å². The van der Waals surface area contributed by atoms with Gasteiger partial charge in [-0.1, -0.05) is 30.3 Å². The fourth-order valence-corrected chi connectivity index (χ4v) is 3.06. The molecule has 27 heavy (non-hydrogen) atoms. The Bertz CT molecular complexity index is 1070. The summed E-state index contributed by atoms with van der Waals surface area (Å²) in [5, 5.41) is 7.50. The predicted molar refractivity (Wildman–Crippen MR) is 107 cm³/mol. The van der Waals surface area contributed by atoms with Crippen molar-refractivity contribution < 1.29 is 4.39 Å². The molecule has 0 aliphatic carbocycles. The Morgan fingerprint density at radius 2 is 1.85 bits per heavy atom. The van der Waals surface area contributed by atoms with Crippen molar-refractivity contribution in [3.63, 3.8) is 0 Å². The van der Waals surface area contributed by atoms with Crippen molar-refractivity contribution in [2.75, 3.05) is 17.2 Å². The molecule has 0 radical (unpaired) electrons. The summed E-state index contributed by atoms with van der Waals surface area (Å²) in [6, 6.07) is 16.6. The minimum absolute atomic E-state index is 0.317. The van der Waals surface area contributed by atoms with Crippen molar-refractivity contribution >= 4 is 28.4 Å². The van der Waals surface area contributed by atoms with Gasteiger partial charge in [-0.2, -0.15) is 4.98 Å². The fourth-order valence-electron chi connectivity index (χ4n) is 3.06. The van der Waals surface area contributed by atoms with Crippen molar-refractivity contribution in [1.29, 1.82) is 0 Å². The van der Waals surface area contributed by atoms with Crippen molar-refractivity contribution in [2.24, 2.45) is 0 Å². The molecule has 0 aliphatic rings. The number of aromatic nitrogens is 3. The first-order valence-electron chi connectivity index (χ1n) is 8.85. The lowest BCUT2D eigenvalue weighted by Crippen LogP contribution is -2.09. The smallest absolute Gasteiger partial charge is 0.224 e. The molecule has 0 saturated heterocycles. The molecule has 2 aromatic heterocycles. The van der Waals surface area contributed by atoms with Crippen LogP contribution < -0.4 is 10.6 Å². The number of hydrogen-bond acceptors (Lipinski definition) is 4. The number of fused-ring (bicyclic) bond motifs is 1.